The molecule has 1 saturated heterocycles. The molecule has 1 N–H and O–H groups in total. The molecule has 8 nitrogen and oxygen atoms in total. The molecule has 1 atom stereocenters. The third kappa shape index (κ3) is 5.27. The lowest BCUT2D eigenvalue weighted by Crippen LogP contribution is -2.52. The minimum atomic E-state index is -4.09. The van der Waals surface area contributed by atoms with Crippen molar-refractivity contribution in [2.45, 2.75) is 74.8 Å². The molecule has 0 radical (unpaired) electrons. The first kappa shape index (κ1) is 24.1. The quantitative estimate of drug-likeness (QED) is 0.646. The van der Waals surface area contributed by atoms with Crippen molar-refractivity contribution in [3.8, 4) is 6.07 Å². The van der Waals surface area contributed by atoms with Crippen LogP contribution in [0.25, 0.3) is 0 Å². The van der Waals surface area contributed by atoms with E-state index < -0.39 is 44.3 Å². The molecule has 1 amide bonds. The number of amides is 1. The van der Waals surface area contributed by atoms with Crippen LogP contribution in [0.2, 0.25) is 0 Å². The first-order valence-electron chi connectivity index (χ1n) is 10.9. The van der Waals surface area contributed by atoms with Crippen molar-refractivity contribution in [2.24, 2.45) is 0 Å². The summed E-state index contributed by atoms with van der Waals surface area (Å²) < 4.78 is 46.5. The first-order valence-corrected chi connectivity index (χ1v) is 12.4. The highest BCUT2D eigenvalue weighted by molar-refractivity contribution is 7.89. The Kier molecular flexibility index (Phi) is 7.51. The van der Waals surface area contributed by atoms with Crippen LogP contribution in [0.5, 0.6) is 0 Å². The zero-order chi connectivity index (χ0) is 23.4. The number of hydrogen-bond acceptors (Lipinski definition) is 6. The van der Waals surface area contributed by atoms with Gasteiger partial charge in [0.1, 0.15) is 16.3 Å². The maximum absolute atomic E-state index is 14.4. The maximum Gasteiger partial charge on any atom is 0.338 e. The van der Waals surface area contributed by atoms with Gasteiger partial charge in [0, 0.05) is 13.1 Å². The Labute approximate surface area is 187 Å². The predicted octanol–water partition coefficient (Wildman–Crippen LogP) is 2.89. The van der Waals surface area contributed by atoms with E-state index >= 15 is 0 Å². The van der Waals surface area contributed by atoms with E-state index in [1.807, 2.05) is 0 Å². The van der Waals surface area contributed by atoms with Crippen LogP contribution < -0.4 is 5.32 Å². The highest BCUT2D eigenvalue weighted by atomic mass is 32.2. The van der Waals surface area contributed by atoms with E-state index in [4.69, 9.17) is 4.74 Å². The number of rotatable bonds is 6. The standard InChI is InChI=1S/C22H28FN3O5S/c1-16(20(27)25-22(15-24)10-4-2-5-11-22)31-21(28)17-8-9-18(23)19(14-17)32(29,30)26-12-6-3-7-13-26/h8-9,14,16H,2-7,10-13H2,1H3,(H,25,27). The Morgan fingerprint density at radius 2 is 1.78 bits per heavy atom. The second-order valence-electron chi connectivity index (χ2n) is 8.40. The van der Waals surface area contributed by atoms with E-state index in [9.17, 15) is 27.7 Å². The number of nitrogens with zero attached hydrogens (tertiary/aromatic N) is 2. The molecule has 0 spiro atoms. The lowest BCUT2D eigenvalue weighted by atomic mass is 9.83. The highest BCUT2D eigenvalue weighted by Crippen LogP contribution is 2.28. The highest BCUT2D eigenvalue weighted by Gasteiger charge is 2.36. The average Bonchev–Trinajstić information content (AvgIpc) is 2.80. The zero-order valence-corrected chi connectivity index (χ0v) is 18.9. The number of halogens is 1. The van der Waals surface area contributed by atoms with Gasteiger partial charge in [0.05, 0.1) is 11.6 Å². The topological polar surface area (TPSA) is 117 Å². The second-order valence-corrected chi connectivity index (χ2v) is 10.3. The molecule has 1 unspecified atom stereocenters. The molecule has 0 bridgehead atoms. The molecule has 0 aromatic heterocycles. The summed E-state index contributed by atoms with van der Waals surface area (Å²) in [5, 5.41) is 12.2. The molecule has 1 aliphatic heterocycles. The molecule has 1 heterocycles. The second kappa shape index (κ2) is 9.96. The molecule has 32 heavy (non-hydrogen) atoms. The summed E-state index contributed by atoms with van der Waals surface area (Å²) in [6.45, 7) is 1.97. The molecule has 2 fully saturated rings. The molecular formula is C22H28FN3O5S. The third-order valence-corrected chi connectivity index (χ3v) is 7.95. The minimum Gasteiger partial charge on any atom is -0.449 e. The van der Waals surface area contributed by atoms with Gasteiger partial charge < -0.3 is 10.1 Å². The number of hydrogen-bond donors (Lipinski definition) is 1. The van der Waals surface area contributed by atoms with E-state index in [0.29, 0.717) is 38.8 Å². The van der Waals surface area contributed by atoms with Crippen molar-refractivity contribution in [2.75, 3.05) is 13.1 Å². The van der Waals surface area contributed by atoms with E-state index in [2.05, 4.69) is 11.4 Å². The van der Waals surface area contributed by atoms with E-state index in [1.54, 1.807) is 0 Å². The molecule has 1 aromatic rings. The monoisotopic (exact) mass is 465 g/mol. The van der Waals surface area contributed by atoms with Crippen LogP contribution in [0.15, 0.2) is 23.1 Å². The molecule has 10 heteroatoms. The van der Waals surface area contributed by atoms with Crippen LogP contribution in [0.1, 0.15) is 68.6 Å². The number of carbonyl (C=O) groups excluding carboxylic acids is 2. The van der Waals surface area contributed by atoms with E-state index in [1.165, 1.54) is 11.2 Å². The van der Waals surface area contributed by atoms with Gasteiger partial charge >= 0.3 is 5.97 Å². The van der Waals surface area contributed by atoms with Crippen molar-refractivity contribution in [3.05, 3.63) is 29.6 Å². The number of ether oxygens (including phenoxy) is 1. The van der Waals surface area contributed by atoms with Crippen molar-refractivity contribution in [3.63, 3.8) is 0 Å². The van der Waals surface area contributed by atoms with Crippen LogP contribution in [0, 0.1) is 17.1 Å². The van der Waals surface area contributed by atoms with Crippen molar-refractivity contribution >= 4 is 21.9 Å². The molecule has 174 valence electrons. The fraction of sp³-hybridized carbons (Fsp3) is 0.591. The number of nitriles is 1. The van der Waals surface area contributed by atoms with Crippen LogP contribution in [0.3, 0.4) is 0 Å². The summed E-state index contributed by atoms with van der Waals surface area (Å²) >= 11 is 0. The Balaban J connectivity index is 1.71. The average molecular weight is 466 g/mol. The van der Waals surface area contributed by atoms with E-state index in [0.717, 1.165) is 43.9 Å². The number of esters is 1. The van der Waals surface area contributed by atoms with Gasteiger partial charge in [0.15, 0.2) is 6.10 Å². The van der Waals surface area contributed by atoms with Gasteiger partial charge in [0.2, 0.25) is 10.0 Å². The van der Waals surface area contributed by atoms with E-state index in [-0.39, 0.29) is 5.56 Å². The largest absolute Gasteiger partial charge is 0.449 e. The molecule has 3 rings (SSSR count). The Bertz CT molecular complexity index is 1010. The maximum atomic E-state index is 14.4. The number of benzene rings is 1. The van der Waals surface area contributed by atoms with Crippen LogP contribution in [-0.4, -0.2) is 49.3 Å². The third-order valence-electron chi connectivity index (χ3n) is 6.04. The van der Waals surface area contributed by atoms with Crippen molar-refractivity contribution in [1.82, 2.24) is 9.62 Å². The summed E-state index contributed by atoms with van der Waals surface area (Å²) in [6, 6.07) is 5.14. The van der Waals surface area contributed by atoms with Crippen LogP contribution in [-0.2, 0) is 19.6 Å². The normalized spacial score (nSPS) is 20.0. The molecule has 1 aromatic carbocycles. The summed E-state index contributed by atoms with van der Waals surface area (Å²) in [4.78, 5) is 24.5. The summed E-state index contributed by atoms with van der Waals surface area (Å²) in [7, 11) is -4.09. The van der Waals surface area contributed by atoms with Crippen molar-refractivity contribution in [1.29, 1.82) is 5.26 Å². The fourth-order valence-corrected chi connectivity index (χ4v) is 5.72. The van der Waals surface area contributed by atoms with Gasteiger partial charge in [-0.25, -0.2) is 17.6 Å². The summed E-state index contributed by atoms with van der Waals surface area (Å²) in [5.74, 6) is -2.51. The molecule has 1 saturated carbocycles. The Morgan fingerprint density at radius 1 is 1.16 bits per heavy atom. The van der Waals surface area contributed by atoms with Gasteiger partial charge in [-0.1, -0.05) is 25.7 Å². The summed E-state index contributed by atoms with van der Waals surface area (Å²) in [6.07, 6.45) is 4.81. The Hall–Kier alpha value is -2.51. The molecule has 1 aliphatic carbocycles. The van der Waals surface area contributed by atoms with Gasteiger partial charge in [0.25, 0.3) is 5.91 Å². The zero-order valence-electron chi connectivity index (χ0n) is 18.1. The summed E-state index contributed by atoms with van der Waals surface area (Å²) in [5.41, 5.74) is -1.14. The predicted molar refractivity (Wildman–Crippen MR) is 113 cm³/mol. The van der Waals surface area contributed by atoms with Crippen LogP contribution in [0.4, 0.5) is 4.39 Å². The Morgan fingerprint density at radius 3 is 2.41 bits per heavy atom. The molecular weight excluding hydrogens is 437 g/mol. The van der Waals surface area contributed by atoms with Crippen molar-refractivity contribution < 1.29 is 27.1 Å². The van der Waals surface area contributed by atoms with Gasteiger partial charge in [-0.2, -0.15) is 9.57 Å². The first-order chi connectivity index (χ1) is 15.2. The van der Waals surface area contributed by atoms with Gasteiger partial charge in [-0.15, -0.1) is 0 Å². The number of sulfonamides is 1. The smallest absolute Gasteiger partial charge is 0.338 e. The SMILES string of the molecule is CC(OC(=O)c1ccc(F)c(S(=O)(=O)N2CCCCC2)c1)C(=O)NC1(C#N)CCCCC1. The molecule has 2 aliphatic rings. The number of carbonyl (C=O) groups is 2. The lowest BCUT2D eigenvalue weighted by Gasteiger charge is -2.32. The van der Waals surface area contributed by atoms with Crippen LogP contribution >= 0.6 is 0 Å². The minimum absolute atomic E-state index is 0.172. The number of piperidine rings is 1. The fourth-order valence-electron chi connectivity index (χ4n) is 4.11. The lowest BCUT2D eigenvalue weighted by molar-refractivity contribution is -0.130. The van der Waals surface area contributed by atoms with Gasteiger partial charge in [-0.05, 0) is 50.8 Å². The number of nitrogens with one attached hydrogen (secondary N) is 1. The van der Waals surface area contributed by atoms with Gasteiger partial charge in [-0.3, -0.25) is 4.79 Å².